The van der Waals surface area contributed by atoms with Gasteiger partial charge in [-0.1, -0.05) is 48.5 Å². The van der Waals surface area contributed by atoms with E-state index >= 15 is 0 Å². The van der Waals surface area contributed by atoms with Gasteiger partial charge in [0, 0.05) is 36.9 Å². The van der Waals surface area contributed by atoms with E-state index in [-0.39, 0.29) is 11.9 Å². The van der Waals surface area contributed by atoms with Crippen molar-refractivity contribution in [1.29, 1.82) is 0 Å². The molecule has 172 valence electrons. The Morgan fingerprint density at radius 2 is 1.82 bits per heavy atom. The summed E-state index contributed by atoms with van der Waals surface area (Å²) in [6, 6.07) is 15.7. The van der Waals surface area contributed by atoms with Crippen LogP contribution in [-0.2, 0) is 4.79 Å². The minimum Gasteiger partial charge on any atom is -0.378 e. The highest BCUT2D eigenvalue weighted by Crippen LogP contribution is 2.37. The quantitative estimate of drug-likeness (QED) is 0.477. The summed E-state index contributed by atoms with van der Waals surface area (Å²) in [6.45, 7) is 6.08. The number of nitrogens with one attached hydrogen (secondary N) is 2. The molecule has 2 heterocycles. The lowest BCUT2D eigenvalue weighted by atomic mass is 9.94. The molecule has 1 atom stereocenters. The summed E-state index contributed by atoms with van der Waals surface area (Å²) in [5.41, 5.74) is 5.37. The summed E-state index contributed by atoms with van der Waals surface area (Å²) >= 11 is 1.62. The van der Waals surface area contributed by atoms with Crippen molar-refractivity contribution in [2.45, 2.75) is 38.4 Å². The van der Waals surface area contributed by atoms with Crippen LogP contribution < -0.4 is 15.5 Å². The molecule has 7 nitrogen and oxygen atoms in total. The Kier molecular flexibility index (Phi) is 6.74. The lowest BCUT2D eigenvalue weighted by Gasteiger charge is -2.29. The number of fused-ring (bicyclic) bond motifs is 1. The van der Waals surface area contributed by atoms with Gasteiger partial charge in [0.1, 0.15) is 6.04 Å². The van der Waals surface area contributed by atoms with E-state index in [0.717, 1.165) is 40.4 Å². The third-order valence-electron chi connectivity index (χ3n) is 5.55. The molecule has 1 aliphatic rings. The summed E-state index contributed by atoms with van der Waals surface area (Å²) < 4.78 is 1.83. The SMILES string of the molecule is CCCSc1nc2n(n1)C(c1ccc(N(C)C)cc1)C(C(=O)Nc1ccc(C)cc1)=C(C)N2. The Hall–Kier alpha value is -3.26. The fourth-order valence-corrected chi connectivity index (χ4v) is 4.46. The molecule has 3 aromatic rings. The van der Waals surface area contributed by atoms with Crippen molar-refractivity contribution in [1.82, 2.24) is 14.8 Å². The molecule has 1 unspecified atom stereocenters. The highest BCUT2D eigenvalue weighted by Gasteiger charge is 2.34. The molecule has 1 aromatic heterocycles. The molecular formula is C25H30N6OS. The molecule has 1 aliphatic heterocycles. The number of nitrogens with zero attached hydrogens (tertiary/aromatic N) is 4. The van der Waals surface area contributed by atoms with Crippen molar-refractivity contribution in [3.05, 3.63) is 70.9 Å². The summed E-state index contributed by atoms with van der Waals surface area (Å²) in [6.07, 6.45) is 1.04. The second kappa shape index (κ2) is 9.70. The number of thioether (sulfide) groups is 1. The highest BCUT2D eigenvalue weighted by molar-refractivity contribution is 7.99. The third kappa shape index (κ3) is 4.90. The average molecular weight is 463 g/mol. The molecule has 0 aliphatic carbocycles. The van der Waals surface area contributed by atoms with Crippen molar-refractivity contribution >= 4 is 35.0 Å². The Morgan fingerprint density at radius 3 is 2.45 bits per heavy atom. The second-order valence-electron chi connectivity index (χ2n) is 8.38. The van der Waals surface area contributed by atoms with Crippen LogP contribution in [-0.4, -0.2) is 40.5 Å². The summed E-state index contributed by atoms with van der Waals surface area (Å²) in [7, 11) is 4.02. The van der Waals surface area contributed by atoms with Gasteiger partial charge in [-0.05, 0) is 50.1 Å². The van der Waals surface area contributed by atoms with Crippen molar-refractivity contribution in [2.75, 3.05) is 35.4 Å². The molecule has 4 rings (SSSR count). The second-order valence-corrected chi connectivity index (χ2v) is 9.45. The minimum atomic E-state index is -0.383. The average Bonchev–Trinajstić information content (AvgIpc) is 3.20. The molecule has 33 heavy (non-hydrogen) atoms. The van der Waals surface area contributed by atoms with Crippen LogP contribution in [0.2, 0.25) is 0 Å². The number of benzene rings is 2. The molecule has 0 spiro atoms. The standard InChI is InChI=1S/C25H30N6OS/c1-6-15-33-25-28-24-26-17(3)21(23(32)27-19-11-7-16(2)8-12-19)22(31(24)29-25)18-9-13-20(14-10-18)30(4)5/h7-14,22H,6,15H2,1-5H3,(H,27,32)(H,26,28,29). The molecular weight excluding hydrogens is 432 g/mol. The molecule has 1 amide bonds. The Bertz CT molecular complexity index is 1160. The zero-order chi connectivity index (χ0) is 23.5. The Balaban J connectivity index is 1.74. The van der Waals surface area contributed by atoms with Crippen molar-refractivity contribution < 1.29 is 4.79 Å². The van der Waals surface area contributed by atoms with Crippen molar-refractivity contribution in [3.8, 4) is 0 Å². The van der Waals surface area contributed by atoms with Gasteiger partial charge in [-0.15, -0.1) is 5.10 Å². The van der Waals surface area contributed by atoms with Crippen molar-refractivity contribution in [2.24, 2.45) is 0 Å². The molecule has 0 bridgehead atoms. The summed E-state index contributed by atoms with van der Waals surface area (Å²) in [4.78, 5) is 20.3. The zero-order valence-corrected chi connectivity index (χ0v) is 20.5. The molecule has 8 heteroatoms. The van der Waals surface area contributed by atoms with Crippen LogP contribution in [0.1, 0.15) is 37.4 Å². The van der Waals surface area contributed by atoms with Gasteiger partial charge in [-0.3, -0.25) is 4.79 Å². The number of carbonyl (C=O) groups is 1. The molecule has 2 aromatic carbocycles. The molecule has 0 saturated heterocycles. The largest absolute Gasteiger partial charge is 0.378 e. The van der Waals surface area contributed by atoms with Crippen LogP contribution in [0, 0.1) is 6.92 Å². The van der Waals surface area contributed by atoms with E-state index in [1.807, 2.05) is 56.9 Å². The van der Waals surface area contributed by atoms with E-state index < -0.39 is 0 Å². The number of hydrogen-bond acceptors (Lipinski definition) is 6. The number of amides is 1. The summed E-state index contributed by atoms with van der Waals surface area (Å²) in [5.74, 6) is 1.44. The van der Waals surface area contributed by atoms with E-state index in [1.165, 1.54) is 0 Å². The first-order valence-corrected chi connectivity index (χ1v) is 12.1. The van der Waals surface area contributed by atoms with Crippen molar-refractivity contribution in [3.63, 3.8) is 0 Å². The van der Waals surface area contributed by atoms with Gasteiger partial charge in [0.15, 0.2) is 0 Å². The molecule has 0 saturated carbocycles. The van der Waals surface area contributed by atoms with Gasteiger partial charge in [0.25, 0.3) is 5.91 Å². The van der Waals surface area contributed by atoms with Crippen LogP contribution in [0.4, 0.5) is 17.3 Å². The first kappa shape index (κ1) is 22.9. The number of rotatable bonds is 7. The predicted octanol–water partition coefficient (Wildman–Crippen LogP) is 5.08. The number of aryl methyl sites for hydroxylation is 1. The van der Waals surface area contributed by atoms with Gasteiger partial charge in [0.05, 0.1) is 5.57 Å². The van der Waals surface area contributed by atoms with Gasteiger partial charge in [0.2, 0.25) is 11.1 Å². The van der Waals surface area contributed by atoms with E-state index in [0.29, 0.717) is 16.7 Å². The summed E-state index contributed by atoms with van der Waals surface area (Å²) in [5, 5.41) is 11.8. The van der Waals surface area contributed by atoms with Crippen LogP contribution in [0.15, 0.2) is 65.0 Å². The lowest BCUT2D eigenvalue weighted by molar-refractivity contribution is -0.113. The highest BCUT2D eigenvalue weighted by atomic mass is 32.2. The monoisotopic (exact) mass is 462 g/mol. The van der Waals surface area contributed by atoms with E-state index in [1.54, 1.807) is 11.8 Å². The number of anilines is 3. The number of allylic oxidation sites excluding steroid dienone is 1. The normalized spacial score (nSPS) is 15.1. The van der Waals surface area contributed by atoms with Gasteiger partial charge in [-0.25, -0.2) is 4.68 Å². The van der Waals surface area contributed by atoms with Gasteiger partial charge >= 0.3 is 0 Å². The maximum absolute atomic E-state index is 13.5. The van der Waals surface area contributed by atoms with Crippen LogP contribution in [0.3, 0.4) is 0 Å². The van der Waals surface area contributed by atoms with E-state index in [4.69, 9.17) is 5.10 Å². The first-order chi connectivity index (χ1) is 15.9. The zero-order valence-electron chi connectivity index (χ0n) is 19.7. The lowest BCUT2D eigenvalue weighted by Crippen LogP contribution is -2.31. The maximum Gasteiger partial charge on any atom is 0.255 e. The smallest absolute Gasteiger partial charge is 0.255 e. The Labute approximate surface area is 199 Å². The predicted molar refractivity (Wildman–Crippen MR) is 136 cm³/mol. The molecule has 0 radical (unpaired) electrons. The van der Waals surface area contributed by atoms with Crippen LogP contribution in [0.5, 0.6) is 0 Å². The maximum atomic E-state index is 13.5. The topological polar surface area (TPSA) is 75.1 Å². The fraction of sp³-hybridized carbons (Fsp3) is 0.320. The van der Waals surface area contributed by atoms with Gasteiger partial charge in [-0.2, -0.15) is 4.98 Å². The van der Waals surface area contributed by atoms with Crippen LogP contribution in [0.25, 0.3) is 0 Å². The van der Waals surface area contributed by atoms with E-state index in [2.05, 4.69) is 51.7 Å². The molecule has 0 fully saturated rings. The van der Waals surface area contributed by atoms with Gasteiger partial charge < -0.3 is 15.5 Å². The number of carbonyl (C=O) groups excluding carboxylic acids is 1. The minimum absolute atomic E-state index is 0.158. The number of aromatic nitrogens is 3. The third-order valence-corrected chi connectivity index (χ3v) is 6.59. The fourth-order valence-electron chi connectivity index (χ4n) is 3.78. The first-order valence-electron chi connectivity index (χ1n) is 11.1. The van der Waals surface area contributed by atoms with Crippen LogP contribution >= 0.6 is 11.8 Å². The molecule has 2 N–H and O–H groups in total. The van der Waals surface area contributed by atoms with E-state index in [9.17, 15) is 4.79 Å². The Morgan fingerprint density at radius 1 is 1.12 bits per heavy atom. The number of hydrogen-bond donors (Lipinski definition) is 2.